The highest BCUT2D eigenvalue weighted by Crippen LogP contribution is 2.19. The Morgan fingerprint density at radius 2 is 2.00 bits per heavy atom. The predicted octanol–water partition coefficient (Wildman–Crippen LogP) is 2.35. The molecule has 1 heterocycles. The normalized spacial score (nSPS) is 12.7. The third kappa shape index (κ3) is 2.12. The standard InChI is InChI=1S/C12H14N2O2/c1-3-11-13-12(14-16-11)10-6-4-9(5-7-10)8(2)15/h4-8,15H,3H2,1-2H3. The number of nitrogens with zero attached hydrogens (tertiary/aromatic N) is 2. The summed E-state index contributed by atoms with van der Waals surface area (Å²) >= 11 is 0. The molecule has 1 aromatic heterocycles. The molecule has 1 aromatic carbocycles. The van der Waals surface area contributed by atoms with Crippen LogP contribution in [0.15, 0.2) is 28.8 Å². The van der Waals surface area contributed by atoms with Crippen LogP contribution in [0.1, 0.15) is 31.4 Å². The summed E-state index contributed by atoms with van der Waals surface area (Å²) in [4.78, 5) is 4.23. The predicted molar refractivity (Wildman–Crippen MR) is 59.7 cm³/mol. The van der Waals surface area contributed by atoms with Gasteiger partial charge in [0.1, 0.15) is 0 Å². The molecule has 2 rings (SSSR count). The fraction of sp³-hybridized carbons (Fsp3) is 0.333. The van der Waals surface area contributed by atoms with Crippen LogP contribution in [0.4, 0.5) is 0 Å². The maximum atomic E-state index is 9.38. The first-order valence-corrected chi connectivity index (χ1v) is 5.31. The van der Waals surface area contributed by atoms with Crippen LogP contribution in [0.2, 0.25) is 0 Å². The maximum Gasteiger partial charge on any atom is 0.226 e. The van der Waals surface area contributed by atoms with E-state index in [2.05, 4.69) is 10.1 Å². The average Bonchev–Trinajstić information content (AvgIpc) is 2.77. The number of benzene rings is 1. The summed E-state index contributed by atoms with van der Waals surface area (Å²) in [6.45, 7) is 3.70. The topological polar surface area (TPSA) is 59.2 Å². The quantitative estimate of drug-likeness (QED) is 0.859. The molecule has 4 heteroatoms. The lowest BCUT2D eigenvalue weighted by molar-refractivity contribution is 0.199. The summed E-state index contributed by atoms with van der Waals surface area (Å²) in [6.07, 6.45) is 0.282. The number of aliphatic hydroxyl groups is 1. The van der Waals surface area contributed by atoms with Gasteiger partial charge in [0.25, 0.3) is 0 Å². The molecule has 0 amide bonds. The van der Waals surface area contributed by atoms with Crippen LogP contribution in [0.5, 0.6) is 0 Å². The number of hydrogen-bond donors (Lipinski definition) is 1. The molecular weight excluding hydrogens is 204 g/mol. The van der Waals surface area contributed by atoms with Crippen LogP contribution < -0.4 is 0 Å². The lowest BCUT2D eigenvalue weighted by Crippen LogP contribution is -1.90. The van der Waals surface area contributed by atoms with Crippen molar-refractivity contribution in [1.29, 1.82) is 0 Å². The van der Waals surface area contributed by atoms with Gasteiger partial charge in [0, 0.05) is 12.0 Å². The van der Waals surface area contributed by atoms with Crippen LogP contribution in [-0.4, -0.2) is 15.2 Å². The molecule has 1 unspecified atom stereocenters. The molecule has 0 saturated carbocycles. The molecule has 2 aromatic rings. The van der Waals surface area contributed by atoms with Gasteiger partial charge in [-0.05, 0) is 12.5 Å². The van der Waals surface area contributed by atoms with Crippen molar-refractivity contribution < 1.29 is 9.63 Å². The Hall–Kier alpha value is -1.68. The molecule has 0 spiro atoms. The molecular formula is C12H14N2O2. The van der Waals surface area contributed by atoms with Gasteiger partial charge in [-0.3, -0.25) is 0 Å². The van der Waals surface area contributed by atoms with Gasteiger partial charge in [0.2, 0.25) is 11.7 Å². The Morgan fingerprint density at radius 3 is 2.50 bits per heavy atom. The van der Waals surface area contributed by atoms with Crippen molar-refractivity contribution in [3.63, 3.8) is 0 Å². The van der Waals surface area contributed by atoms with E-state index in [0.717, 1.165) is 17.5 Å². The second kappa shape index (κ2) is 4.45. The van der Waals surface area contributed by atoms with Gasteiger partial charge in [-0.25, -0.2) is 0 Å². The average molecular weight is 218 g/mol. The monoisotopic (exact) mass is 218 g/mol. The minimum absolute atomic E-state index is 0.453. The van der Waals surface area contributed by atoms with E-state index in [1.54, 1.807) is 6.92 Å². The number of rotatable bonds is 3. The summed E-state index contributed by atoms with van der Waals surface area (Å²) in [7, 11) is 0. The Morgan fingerprint density at radius 1 is 1.31 bits per heavy atom. The van der Waals surface area contributed by atoms with Gasteiger partial charge in [-0.2, -0.15) is 4.98 Å². The summed E-state index contributed by atoms with van der Waals surface area (Å²) in [5, 5.41) is 13.3. The van der Waals surface area contributed by atoms with Crippen LogP contribution in [0.25, 0.3) is 11.4 Å². The molecule has 84 valence electrons. The van der Waals surface area contributed by atoms with Crippen LogP contribution in [-0.2, 0) is 6.42 Å². The molecule has 0 saturated heterocycles. The molecule has 4 nitrogen and oxygen atoms in total. The second-order valence-electron chi connectivity index (χ2n) is 3.66. The Balaban J connectivity index is 2.27. The third-order valence-corrected chi connectivity index (χ3v) is 2.42. The summed E-state index contributed by atoms with van der Waals surface area (Å²) in [5.74, 6) is 1.23. The molecule has 0 aliphatic rings. The zero-order valence-corrected chi connectivity index (χ0v) is 9.34. The first-order chi connectivity index (χ1) is 7.70. The van der Waals surface area contributed by atoms with Gasteiger partial charge in [0.15, 0.2) is 0 Å². The van der Waals surface area contributed by atoms with Crippen molar-refractivity contribution in [2.75, 3.05) is 0 Å². The lowest BCUT2D eigenvalue weighted by atomic mass is 10.1. The second-order valence-corrected chi connectivity index (χ2v) is 3.66. The summed E-state index contributed by atoms with van der Waals surface area (Å²) < 4.78 is 5.04. The van der Waals surface area contributed by atoms with Gasteiger partial charge < -0.3 is 9.63 Å². The Labute approximate surface area is 93.9 Å². The highest BCUT2D eigenvalue weighted by atomic mass is 16.5. The summed E-state index contributed by atoms with van der Waals surface area (Å²) in [6, 6.07) is 7.49. The summed E-state index contributed by atoms with van der Waals surface area (Å²) in [5.41, 5.74) is 1.77. The zero-order valence-electron chi connectivity index (χ0n) is 9.34. The highest BCUT2D eigenvalue weighted by molar-refractivity contribution is 5.54. The third-order valence-electron chi connectivity index (χ3n) is 2.42. The smallest absolute Gasteiger partial charge is 0.226 e. The minimum atomic E-state index is -0.453. The number of aromatic nitrogens is 2. The Bertz CT molecular complexity index is 460. The van der Waals surface area contributed by atoms with Gasteiger partial charge in [0.05, 0.1) is 6.10 Å². The number of hydrogen-bond acceptors (Lipinski definition) is 4. The first-order valence-electron chi connectivity index (χ1n) is 5.31. The van der Waals surface area contributed by atoms with Gasteiger partial charge in [-0.1, -0.05) is 36.3 Å². The van der Waals surface area contributed by atoms with Crippen molar-refractivity contribution in [2.45, 2.75) is 26.4 Å². The van der Waals surface area contributed by atoms with Crippen LogP contribution in [0, 0.1) is 0 Å². The van der Waals surface area contributed by atoms with Crippen molar-refractivity contribution >= 4 is 0 Å². The van der Waals surface area contributed by atoms with Crippen molar-refractivity contribution in [3.05, 3.63) is 35.7 Å². The van der Waals surface area contributed by atoms with Crippen LogP contribution >= 0.6 is 0 Å². The van der Waals surface area contributed by atoms with Crippen molar-refractivity contribution in [3.8, 4) is 11.4 Å². The molecule has 1 N–H and O–H groups in total. The molecule has 16 heavy (non-hydrogen) atoms. The molecule has 0 aliphatic carbocycles. The molecule has 0 fully saturated rings. The maximum absolute atomic E-state index is 9.38. The van der Waals surface area contributed by atoms with E-state index in [1.165, 1.54) is 0 Å². The van der Waals surface area contributed by atoms with E-state index < -0.39 is 6.10 Å². The molecule has 0 bridgehead atoms. The van der Waals surface area contributed by atoms with E-state index in [4.69, 9.17) is 4.52 Å². The van der Waals surface area contributed by atoms with Gasteiger partial charge >= 0.3 is 0 Å². The van der Waals surface area contributed by atoms with E-state index in [-0.39, 0.29) is 0 Å². The zero-order chi connectivity index (χ0) is 11.5. The van der Waals surface area contributed by atoms with E-state index in [9.17, 15) is 5.11 Å². The van der Waals surface area contributed by atoms with Crippen molar-refractivity contribution in [1.82, 2.24) is 10.1 Å². The number of aliphatic hydroxyl groups excluding tert-OH is 1. The first kappa shape index (κ1) is 10.8. The Kier molecular flexibility index (Phi) is 3.01. The molecule has 1 atom stereocenters. The molecule has 0 radical (unpaired) electrons. The van der Waals surface area contributed by atoms with E-state index >= 15 is 0 Å². The fourth-order valence-corrected chi connectivity index (χ4v) is 1.43. The molecule has 0 aliphatic heterocycles. The van der Waals surface area contributed by atoms with E-state index in [0.29, 0.717) is 11.7 Å². The lowest BCUT2D eigenvalue weighted by Gasteiger charge is -2.03. The highest BCUT2D eigenvalue weighted by Gasteiger charge is 2.07. The SMILES string of the molecule is CCc1nc(-c2ccc(C(C)O)cc2)no1. The van der Waals surface area contributed by atoms with E-state index in [1.807, 2.05) is 31.2 Å². The fourth-order valence-electron chi connectivity index (χ4n) is 1.43. The minimum Gasteiger partial charge on any atom is -0.389 e. The van der Waals surface area contributed by atoms with Crippen LogP contribution in [0.3, 0.4) is 0 Å². The number of aryl methyl sites for hydroxylation is 1. The van der Waals surface area contributed by atoms with Crippen molar-refractivity contribution in [2.24, 2.45) is 0 Å². The largest absolute Gasteiger partial charge is 0.389 e. The van der Waals surface area contributed by atoms with Gasteiger partial charge in [-0.15, -0.1) is 0 Å².